The minimum Gasteiger partial charge on any atom is -0.496 e. The van der Waals surface area contributed by atoms with Crippen LogP contribution in [-0.4, -0.2) is 29.9 Å². The molecule has 0 fully saturated rings. The molecule has 3 heterocycles. The van der Waals surface area contributed by atoms with E-state index in [-0.39, 0.29) is 0 Å². The van der Waals surface area contributed by atoms with Gasteiger partial charge in [0.15, 0.2) is 0 Å². The molecule has 0 unspecified atom stereocenters. The molecule has 0 spiro atoms. The van der Waals surface area contributed by atoms with Gasteiger partial charge >= 0.3 is 0 Å². The maximum atomic E-state index is 9.65. The minimum absolute atomic E-state index is 0.339. The molecule has 1 aromatic carbocycles. The second kappa shape index (κ2) is 5.85. The largest absolute Gasteiger partial charge is 0.496 e. The van der Waals surface area contributed by atoms with Crippen molar-refractivity contribution in [2.45, 2.75) is 13.8 Å². The van der Waals surface area contributed by atoms with Crippen molar-refractivity contribution >= 4 is 16.7 Å². The highest BCUT2D eigenvalue weighted by molar-refractivity contribution is 5.98. The summed E-state index contributed by atoms with van der Waals surface area (Å²) in [7, 11) is 1.63. The molecule has 1 aliphatic rings. The van der Waals surface area contributed by atoms with E-state index >= 15 is 0 Å². The number of hydrogen-bond donors (Lipinski definition) is 1. The fourth-order valence-electron chi connectivity index (χ4n) is 3.49. The monoisotopic (exact) mass is 350 g/mol. The third-order valence-corrected chi connectivity index (χ3v) is 4.67. The molecule has 0 amide bonds. The van der Waals surface area contributed by atoms with Gasteiger partial charge in [0.1, 0.15) is 41.9 Å². The first-order valence-electron chi connectivity index (χ1n) is 8.21. The lowest BCUT2D eigenvalue weighted by atomic mass is 10.1. The summed E-state index contributed by atoms with van der Waals surface area (Å²) in [5.74, 6) is 1.99. The number of nitrogens with two attached hydrogens (primary N) is 1. The van der Waals surface area contributed by atoms with E-state index in [9.17, 15) is 5.26 Å². The highest BCUT2D eigenvalue weighted by Crippen LogP contribution is 2.43. The summed E-state index contributed by atoms with van der Waals surface area (Å²) < 4.78 is 18.8. The molecular weight excluding hydrogens is 332 g/mol. The van der Waals surface area contributed by atoms with Crippen molar-refractivity contribution < 1.29 is 14.2 Å². The van der Waals surface area contributed by atoms with E-state index in [4.69, 9.17) is 19.9 Å². The van der Waals surface area contributed by atoms with Gasteiger partial charge in [-0.2, -0.15) is 5.26 Å². The molecule has 132 valence electrons. The Morgan fingerprint density at radius 2 is 2.04 bits per heavy atom. The van der Waals surface area contributed by atoms with Crippen LogP contribution >= 0.6 is 0 Å². The first-order valence-corrected chi connectivity index (χ1v) is 8.21. The first-order chi connectivity index (χ1) is 12.6. The van der Waals surface area contributed by atoms with Gasteiger partial charge in [0, 0.05) is 17.1 Å². The zero-order valence-corrected chi connectivity index (χ0v) is 14.8. The molecule has 0 atom stereocenters. The molecule has 2 N–H and O–H groups in total. The van der Waals surface area contributed by atoms with Gasteiger partial charge < -0.3 is 19.9 Å². The maximum Gasteiger partial charge on any atom is 0.259 e. The lowest BCUT2D eigenvalue weighted by Gasteiger charge is -2.21. The minimum atomic E-state index is 0.339. The number of methoxy groups -OCH3 is 1. The SMILES string of the molecule is COc1ccc(C)c(-n2c(N)c(C#N)c3cnc4c(c32)OCCO4)c1C. The van der Waals surface area contributed by atoms with Gasteiger partial charge in [0.25, 0.3) is 5.88 Å². The summed E-state index contributed by atoms with van der Waals surface area (Å²) in [4.78, 5) is 4.29. The number of anilines is 1. The second-order valence-electron chi connectivity index (χ2n) is 6.12. The van der Waals surface area contributed by atoms with Crippen LogP contribution in [0.3, 0.4) is 0 Å². The Hall–Kier alpha value is -3.40. The van der Waals surface area contributed by atoms with Crippen molar-refractivity contribution in [3.63, 3.8) is 0 Å². The van der Waals surface area contributed by atoms with E-state index in [1.54, 1.807) is 13.3 Å². The Morgan fingerprint density at radius 3 is 2.77 bits per heavy atom. The van der Waals surface area contributed by atoms with E-state index < -0.39 is 0 Å². The average molecular weight is 350 g/mol. The normalized spacial score (nSPS) is 12.8. The Bertz CT molecular complexity index is 1080. The smallest absolute Gasteiger partial charge is 0.259 e. The molecule has 7 heteroatoms. The highest BCUT2D eigenvalue weighted by atomic mass is 16.6. The van der Waals surface area contributed by atoms with Crippen LogP contribution < -0.4 is 19.9 Å². The molecule has 0 bridgehead atoms. The number of benzene rings is 1. The maximum absolute atomic E-state index is 9.65. The quantitative estimate of drug-likeness (QED) is 0.763. The van der Waals surface area contributed by atoms with Gasteiger partial charge in [0.2, 0.25) is 5.75 Å². The van der Waals surface area contributed by atoms with Gasteiger partial charge in [-0.25, -0.2) is 4.98 Å². The summed E-state index contributed by atoms with van der Waals surface area (Å²) in [6.45, 7) is 4.80. The molecule has 0 aliphatic carbocycles. The number of aromatic nitrogens is 2. The molecular formula is C19H18N4O3. The summed E-state index contributed by atoms with van der Waals surface area (Å²) in [6, 6.07) is 6.07. The lowest BCUT2D eigenvalue weighted by Crippen LogP contribution is -2.17. The predicted molar refractivity (Wildman–Crippen MR) is 97.2 cm³/mol. The number of nitriles is 1. The number of hydrogen-bond acceptors (Lipinski definition) is 6. The Balaban J connectivity index is 2.18. The third kappa shape index (κ3) is 2.09. The zero-order valence-electron chi connectivity index (χ0n) is 14.8. The van der Waals surface area contributed by atoms with Crippen LogP contribution in [0, 0.1) is 25.2 Å². The summed E-state index contributed by atoms with van der Waals surface area (Å²) in [6.07, 6.45) is 1.61. The van der Waals surface area contributed by atoms with E-state index in [0.717, 1.165) is 22.6 Å². The molecule has 26 heavy (non-hydrogen) atoms. The summed E-state index contributed by atoms with van der Waals surface area (Å²) in [5.41, 5.74) is 10.2. The number of ether oxygens (including phenoxy) is 3. The first kappa shape index (κ1) is 16.1. The molecule has 0 saturated carbocycles. The molecule has 0 radical (unpaired) electrons. The van der Waals surface area contributed by atoms with Crippen LogP contribution in [0.4, 0.5) is 5.82 Å². The van der Waals surface area contributed by atoms with Crippen molar-refractivity contribution in [2.75, 3.05) is 26.1 Å². The molecule has 3 aromatic rings. The average Bonchev–Trinajstić information content (AvgIpc) is 2.94. The van der Waals surface area contributed by atoms with Gasteiger partial charge in [-0.3, -0.25) is 4.57 Å². The highest BCUT2D eigenvalue weighted by Gasteiger charge is 2.27. The molecule has 4 rings (SSSR count). The standard InChI is InChI=1S/C19H18N4O3/c1-10-4-5-14(24-3)11(2)15(10)23-16-13(12(8-20)18(23)21)9-22-19-17(16)25-6-7-26-19/h4-5,9H,6-7,21H2,1-3H3. The fourth-order valence-corrected chi connectivity index (χ4v) is 3.49. The Labute approximate surface area is 150 Å². The van der Waals surface area contributed by atoms with Crippen molar-refractivity contribution in [3.05, 3.63) is 35.0 Å². The number of pyridine rings is 1. The number of nitrogens with zero attached hydrogens (tertiary/aromatic N) is 3. The van der Waals surface area contributed by atoms with Crippen LogP contribution in [0.15, 0.2) is 18.3 Å². The van der Waals surface area contributed by atoms with Gasteiger partial charge in [-0.15, -0.1) is 0 Å². The number of nitrogen functional groups attached to an aromatic ring is 1. The molecule has 1 aliphatic heterocycles. The fraction of sp³-hybridized carbons (Fsp3) is 0.263. The van der Waals surface area contributed by atoms with Crippen LogP contribution in [0.1, 0.15) is 16.7 Å². The summed E-state index contributed by atoms with van der Waals surface area (Å²) >= 11 is 0. The van der Waals surface area contributed by atoms with Crippen molar-refractivity contribution in [1.29, 1.82) is 5.26 Å². The number of aryl methyl sites for hydroxylation is 1. The summed E-state index contributed by atoms with van der Waals surface area (Å²) in [5, 5.41) is 10.3. The Morgan fingerprint density at radius 1 is 1.27 bits per heavy atom. The zero-order chi connectivity index (χ0) is 18.4. The van der Waals surface area contributed by atoms with Gasteiger partial charge in [-0.05, 0) is 25.5 Å². The predicted octanol–water partition coefficient (Wildman–Crippen LogP) is 2.88. The topological polar surface area (TPSA) is 95.3 Å². The molecule has 2 aromatic heterocycles. The van der Waals surface area contributed by atoms with E-state index in [2.05, 4.69) is 11.1 Å². The van der Waals surface area contributed by atoms with Crippen molar-refractivity contribution in [1.82, 2.24) is 9.55 Å². The van der Waals surface area contributed by atoms with Crippen LogP contribution in [0.25, 0.3) is 16.6 Å². The van der Waals surface area contributed by atoms with E-state index in [0.29, 0.717) is 47.1 Å². The van der Waals surface area contributed by atoms with Crippen molar-refractivity contribution in [3.8, 4) is 29.1 Å². The number of fused-ring (bicyclic) bond motifs is 3. The number of rotatable bonds is 2. The van der Waals surface area contributed by atoms with E-state index in [1.165, 1.54) is 0 Å². The third-order valence-electron chi connectivity index (χ3n) is 4.67. The van der Waals surface area contributed by atoms with Crippen LogP contribution in [-0.2, 0) is 0 Å². The van der Waals surface area contributed by atoms with Gasteiger partial charge in [-0.1, -0.05) is 6.07 Å². The van der Waals surface area contributed by atoms with Crippen LogP contribution in [0.2, 0.25) is 0 Å². The van der Waals surface area contributed by atoms with Crippen LogP contribution in [0.5, 0.6) is 17.4 Å². The van der Waals surface area contributed by atoms with Crippen molar-refractivity contribution in [2.24, 2.45) is 0 Å². The second-order valence-corrected chi connectivity index (χ2v) is 6.12. The molecule has 0 saturated heterocycles. The lowest BCUT2D eigenvalue weighted by molar-refractivity contribution is 0.166. The van der Waals surface area contributed by atoms with Gasteiger partial charge in [0.05, 0.1) is 12.8 Å². The van der Waals surface area contributed by atoms with E-state index in [1.807, 2.05) is 30.5 Å². The Kier molecular flexibility index (Phi) is 3.62. The molecule has 7 nitrogen and oxygen atoms in total.